The van der Waals surface area contributed by atoms with Gasteiger partial charge in [0.1, 0.15) is 17.1 Å². The minimum Gasteiger partial charge on any atom is -0.505 e. The van der Waals surface area contributed by atoms with Crippen molar-refractivity contribution in [3.8, 4) is 5.75 Å². The molecule has 26 heavy (non-hydrogen) atoms. The van der Waals surface area contributed by atoms with Gasteiger partial charge in [0.15, 0.2) is 0 Å². The maximum atomic E-state index is 10.9. The molecule has 0 fully saturated rings. The predicted octanol–water partition coefficient (Wildman–Crippen LogP) is 4.24. The largest absolute Gasteiger partial charge is 0.505 e. The molecular weight excluding hydrogens is 324 g/mol. The molecule has 5 nitrogen and oxygen atoms in total. The molecule has 0 aliphatic heterocycles. The molecule has 0 spiro atoms. The summed E-state index contributed by atoms with van der Waals surface area (Å²) in [4.78, 5) is 13.3. The molecule has 0 saturated heterocycles. The number of aromatic nitrogens is 3. The van der Waals surface area contributed by atoms with Crippen LogP contribution < -0.4 is 5.32 Å². The van der Waals surface area contributed by atoms with Gasteiger partial charge in [-0.2, -0.15) is 0 Å². The molecule has 1 atom stereocenters. The SMILES string of the molecule is Cc1cccc(N[C@@H](c2ccccn2)c2ccc3cccnc3c2O)n1. The van der Waals surface area contributed by atoms with Crippen molar-refractivity contribution >= 4 is 16.7 Å². The third-order valence-electron chi connectivity index (χ3n) is 4.25. The summed E-state index contributed by atoms with van der Waals surface area (Å²) < 4.78 is 0. The van der Waals surface area contributed by atoms with Crippen LogP contribution in [0.1, 0.15) is 23.0 Å². The monoisotopic (exact) mass is 342 g/mol. The van der Waals surface area contributed by atoms with Gasteiger partial charge in [0.25, 0.3) is 0 Å². The van der Waals surface area contributed by atoms with Crippen molar-refractivity contribution in [2.45, 2.75) is 13.0 Å². The number of rotatable bonds is 4. The number of aromatic hydroxyl groups is 1. The molecular formula is C21H18N4O. The highest BCUT2D eigenvalue weighted by atomic mass is 16.3. The zero-order valence-electron chi connectivity index (χ0n) is 14.3. The molecule has 0 bridgehead atoms. The third-order valence-corrected chi connectivity index (χ3v) is 4.25. The first kappa shape index (κ1) is 16.0. The number of benzene rings is 1. The molecule has 3 heterocycles. The van der Waals surface area contributed by atoms with Crippen molar-refractivity contribution < 1.29 is 5.11 Å². The van der Waals surface area contributed by atoms with Gasteiger partial charge in [-0.25, -0.2) is 4.98 Å². The molecule has 4 aromatic rings. The first-order valence-electron chi connectivity index (χ1n) is 8.40. The number of aryl methyl sites for hydroxylation is 1. The normalized spacial score (nSPS) is 12.0. The lowest BCUT2D eigenvalue weighted by Gasteiger charge is -2.21. The van der Waals surface area contributed by atoms with Crippen LogP contribution in [0.5, 0.6) is 5.75 Å². The summed E-state index contributed by atoms with van der Waals surface area (Å²) in [5, 5.41) is 15.2. The Morgan fingerprint density at radius 2 is 1.77 bits per heavy atom. The van der Waals surface area contributed by atoms with Gasteiger partial charge in [-0.15, -0.1) is 0 Å². The number of fused-ring (bicyclic) bond motifs is 1. The molecule has 0 aliphatic rings. The van der Waals surface area contributed by atoms with Gasteiger partial charge in [-0.3, -0.25) is 9.97 Å². The maximum absolute atomic E-state index is 10.9. The van der Waals surface area contributed by atoms with Crippen LogP contribution >= 0.6 is 0 Å². The summed E-state index contributed by atoms with van der Waals surface area (Å²) in [5.74, 6) is 0.875. The zero-order valence-corrected chi connectivity index (χ0v) is 14.3. The van der Waals surface area contributed by atoms with E-state index in [0.29, 0.717) is 11.1 Å². The average Bonchev–Trinajstić information content (AvgIpc) is 2.68. The van der Waals surface area contributed by atoms with E-state index in [1.807, 2.05) is 67.6 Å². The van der Waals surface area contributed by atoms with Gasteiger partial charge in [0.2, 0.25) is 0 Å². The fourth-order valence-electron chi connectivity index (χ4n) is 3.01. The minimum atomic E-state index is -0.350. The van der Waals surface area contributed by atoms with Crippen molar-refractivity contribution in [3.05, 3.63) is 90.0 Å². The summed E-state index contributed by atoms with van der Waals surface area (Å²) >= 11 is 0. The van der Waals surface area contributed by atoms with Crippen molar-refractivity contribution in [1.29, 1.82) is 0 Å². The second kappa shape index (κ2) is 6.80. The zero-order chi connectivity index (χ0) is 17.9. The van der Waals surface area contributed by atoms with Crippen LogP contribution in [0.2, 0.25) is 0 Å². The van der Waals surface area contributed by atoms with Crippen LogP contribution in [-0.4, -0.2) is 20.1 Å². The molecule has 5 heteroatoms. The summed E-state index contributed by atoms with van der Waals surface area (Å²) in [6, 6.07) is 18.8. The lowest BCUT2D eigenvalue weighted by Crippen LogP contribution is -2.15. The lowest BCUT2D eigenvalue weighted by atomic mass is 9.99. The first-order chi connectivity index (χ1) is 12.7. The van der Waals surface area contributed by atoms with Crippen LogP contribution in [0.15, 0.2) is 73.1 Å². The van der Waals surface area contributed by atoms with Crippen LogP contribution in [0.3, 0.4) is 0 Å². The molecule has 4 rings (SSSR count). The van der Waals surface area contributed by atoms with E-state index in [-0.39, 0.29) is 11.8 Å². The van der Waals surface area contributed by atoms with E-state index in [4.69, 9.17) is 0 Å². The fraction of sp³-hybridized carbons (Fsp3) is 0.0952. The lowest BCUT2D eigenvalue weighted by molar-refractivity contribution is 0.471. The van der Waals surface area contributed by atoms with E-state index < -0.39 is 0 Å². The molecule has 3 aromatic heterocycles. The summed E-state index contributed by atoms with van der Waals surface area (Å²) in [6.07, 6.45) is 3.42. The Hall–Kier alpha value is -3.47. The van der Waals surface area contributed by atoms with Gasteiger partial charge in [0, 0.05) is 29.0 Å². The van der Waals surface area contributed by atoms with E-state index in [1.54, 1.807) is 12.4 Å². The molecule has 2 N–H and O–H groups in total. The highest BCUT2D eigenvalue weighted by Crippen LogP contribution is 2.35. The van der Waals surface area contributed by atoms with E-state index in [0.717, 1.165) is 22.6 Å². The maximum Gasteiger partial charge on any atom is 0.147 e. The first-order valence-corrected chi connectivity index (χ1v) is 8.40. The number of hydrogen-bond donors (Lipinski definition) is 2. The van der Waals surface area contributed by atoms with Gasteiger partial charge in [-0.05, 0) is 37.3 Å². The van der Waals surface area contributed by atoms with Gasteiger partial charge in [0.05, 0.1) is 11.7 Å². The summed E-state index contributed by atoms with van der Waals surface area (Å²) in [7, 11) is 0. The number of pyridine rings is 3. The quantitative estimate of drug-likeness (QED) is 0.580. The minimum absolute atomic E-state index is 0.152. The van der Waals surface area contributed by atoms with E-state index in [9.17, 15) is 5.11 Å². The smallest absolute Gasteiger partial charge is 0.147 e. The highest BCUT2D eigenvalue weighted by molar-refractivity contribution is 5.85. The van der Waals surface area contributed by atoms with Crippen molar-refractivity contribution in [1.82, 2.24) is 15.0 Å². The molecule has 0 radical (unpaired) electrons. The molecule has 1 aromatic carbocycles. The van der Waals surface area contributed by atoms with Gasteiger partial charge in [-0.1, -0.05) is 30.3 Å². The molecule has 128 valence electrons. The number of anilines is 1. The van der Waals surface area contributed by atoms with Gasteiger partial charge < -0.3 is 10.4 Å². The Morgan fingerprint density at radius 3 is 2.58 bits per heavy atom. The predicted molar refractivity (Wildman–Crippen MR) is 102 cm³/mol. The number of phenols is 1. The molecule has 0 aliphatic carbocycles. The Balaban J connectivity index is 1.84. The summed E-state index contributed by atoms with van der Waals surface area (Å²) in [5.41, 5.74) is 2.99. The van der Waals surface area contributed by atoms with Crippen molar-refractivity contribution in [2.75, 3.05) is 5.32 Å². The van der Waals surface area contributed by atoms with Crippen LogP contribution in [-0.2, 0) is 0 Å². The Labute approximate surface area is 151 Å². The van der Waals surface area contributed by atoms with E-state index >= 15 is 0 Å². The Kier molecular flexibility index (Phi) is 4.19. The molecule has 0 saturated carbocycles. The van der Waals surface area contributed by atoms with E-state index in [2.05, 4.69) is 20.3 Å². The standard InChI is InChI=1S/C21H18N4O/c1-14-6-4-9-18(24-14)25-20(17-8-2-3-12-22-17)16-11-10-15-7-5-13-23-19(15)21(16)26/h2-13,20,26H,1H3,(H,24,25)/t20-/m1/s1. The highest BCUT2D eigenvalue weighted by Gasteiger charge is 2.21. The average molecular weight is 342 g/mol. The topological polar surface area (TPSA) is 70.9 Å². The number of nitrogens with zero attached hydrogens (tertiary/aromatic N) is 3. The fourth-order valence-corrected chi connectivity index (χ4v) is 3.01. The Morgan fingerprint density at radius 1 is 0.885 bits per heavy atom. The van der Waals surface area contributed by atoms with Crippen LogP contribution in [0.4, 0.5) is 5.82 Å². The Bertz CT molecular complexity index is 1050. The number of nitrogens with one attached hydrogen (secondary N) is 1. The van der Waals surface area contributed by atoms with Crippen molar-refractivity contribution in [3.63, 3.8) is 0 Å². The second-order valence-corrected chi connectivity index (χ2v) is 6.07. The number of hydrogen-bond acceptors (Lipinski definition) is 5. The molecule has 0 amide bonds. The third kappa shape index (κ3) is 3.07. The van der Waals surface area contributed by atoms with E-state index in [1.165, 1.54) is 0 Å². The van der Waals surface area contributed by atoms with Crippen molar-refractivity contribution in [2.24, 2.45) is 0 Å². The van der Waals surface area contributed by atoms with Gasteiger partial charge >= 0.3 is 0 Å². The number of phenolic OH excluding ortho intramolecular Hbond substituents is 1. The molecule has 0 unspecified atom stereocenters. The van der Waals surface area contributed by atoms with Crippen LogP contribution in [0, 0.1) is 6.92 Å². The summed E-state index contributed by atoms with van der Waals surface area (Å²) in [6.45, 7) is 1.94. The van der Waals surface area contributed by atoms with Crippen LogP contribution in [0.25, 0.3) is 10.9 Å². The second-order valence-electron chi connectivity index (χ2n) is 6.07.